The fourth-order valence-electron chi connectivity index (χ4n) is 2.11. The summed E-state index contributed by atoms with van der Waals surface area (Å²) in [6.07, 6.45) is 0. The van der Waals surface area contributed by atoms with Gasteiger partial charge < -0.3 is 0 Å². The Labute approximate surface area is 102 Å². The van der Waals surface area contributed by atoms with Crippen molar-refractivity contribution in [3.8, 4) is 0 Å². The highest BCUT2D eigenvalue weighted by molar-refractivity contribution is 6.69. The lowest BCUT2D eigenvalue weighted by Crippen LogP contribution is -2.27. The van der Waals surface area contributed by atoms with Crippen LogP contribution in [0.4, 0.5) is 0 Å². The Morgan fingerprint density at radius 2 is 1.29 bits per heavy atom. The summed E-state index contributed by atoms with van der Waals surface area (Å²) in [5.41, 5.74) is 2.51. The van der Waals surface area contributed by atoms with Gasteiger partial charge in [0.1, 0.15) is 0 Å². The molecule has 0 saturated carbocycles. The van der Waals surface area contributed by atoms with E-state index in [-0.39, 0.29) is 0 Å². The van der Waals surface area contributed by atoms with Crippen LogP contribution in [0.5, 0.6) is 0 Å². The second kappa shape index (κ2) is 4.46. The minimum absolute atomic E-state index is 1.24. The van der Waals surface area contributed by atoms with Gasteiger partial charge >= 0.3 is 0 Å². The van der Waals surface area contributed by atoms with Gasteiger partial charge in [-0.2, -0.15) is 0 Å². The summed E-state index contributed by atoms with van der Waals surface area (Å²) >= 11 is 0. The molecule has 0 bridgehead atoms. The smallest absolute Gasteiger partial charge is 0.0218 e. The first kappa shape index (κ1) is 10.2. The minimum atomic E-state index is 1.24. The van der Waals surface area contributed by atoms with Crippen LogP contribution >= 0.6 is 0 Å². The van der Waals surface area contributed by atoms with Gasteiger partial charge in [0.2, 0.25) is 0 Å². The lowest BCUT2D eigenvalue weighted by molar-refractivity contribution is 1.76. The SMILES string of the molecule is [B-](c1ccccc1)c1cccc2ccccc12. The van der Waals surface area contributed by atoms with Crippen molar-refractivity contribution in [2.45, 2.75) is 0 Å². The highest BCUT2D eigenvalue weighted by atomic mass is 14.0. The molecule has 17 heavy (non-hydrogen) atoms. The fraction of sp³-hybridized carbons (Fsp3) is 0. The van der Waals surface area contributed by atoms with E-state index in [2.05, 4.69) is 74.0 Å². The molecule has 0 aliphatic carbocycles. The second-order valence-corrected chi connectivity index (χ2v) is 4.12. The molecule has 3 rings (SSSR count). The van der Waals surface area contributed by atoms with Crippen LogP contribution in [0.3, 0.4) is 0 Å². The summed E-state index contributed by atoms with van der Waals surface area (Å²) in [6.45, 7) is 0. The summed E-state index contributed by atoms with van der Waals surface area (Å²) in [7, 11) is 2.22. The Morgan fingerprint density at radius 1 is 0.588 bits per heavy atom. The van der Waals surface area contributed by atoms with Crippen molar-refractivity contribution < 1.29 is 0 Å². The molecule has 0 unspecified atom stereocenters. The molecule has 0 saturated heterocycles. The highest BCUT2D eigenvalue weighted by Gasteiger charge is 1.90. The van der Waals surface area contributed by atoms with Crippen LogP contribution in [0.15, 0.2) is 72.8 Å². The molecule has 1 heteroatoms. The van der Waals surface area contributed by atoms with Crippen LogP contribution in [0.25, 0.3) is 10.8 Å². The maximum atomic E-state index is 2.22. The predicted molar refractivity (Wildman–Crippen MR) is 75.4 cm³/mol. The minimum Gasteiger partial charge on any atom is -0.275 e. The maximum Gasteiger partial charge on any atom is -0.0218 e. The van der Waals surface area contributed by atoms with Crippen molar-refractivity contribution in [2.24, 2.45) is 0 Å². The normalized spacial score (nSPS) is 10.6. The molecule has 0 N–H and O–H groups in total. The van der Waals surface area contributed by atoms with Crippen LogP contribution in [-0.2, 0) is 0 Å². The van der Waals surface area contributed by atoms with Gasteiger partial charge in [0.05, 0.1) is 0 Å². The Bertz CT molecular complexity index is 624. The van der Waals surface area contributed by atoms with E-state index in [1.807, 2.05) is 6.07 Å². The monoisotopic (exact) mass is 215 g/mol. The van der Waals surface area contributed by atoms with E-state index in [1.165, 1.54) is 21.7 Å². The van der Waals surface area contributed by atoms with Gasteiger partial charge in [-0.3, -0.25) is 18.2 Å². The second-order valence-electron chi connectivity index (χ2n) is 4.12. The van der Waals surface area contributed by atoms with E-state index in [1.54, 1.807) is 0 Å². The van der Waals surface area contributed by atoms with Crippen molar-refractivity contribution in [3.05, 3.63) is 72.8 Å². The van der Waals surface area contributed by atoms with Crippen molar-refractivity contribution >= 4 is 29.0 Å². The zero-order valence-corrected chi connectivity index (χ0v) is 9.51. The number of fused-ring (bicyclic) bond motifs is 1. The highest BCUT2D eigenvalue weighted by Crippen LogP contribution is 2.09. The van der Waals surface area contributed by atoms with Crippen LogP contribution in [-0.4, -0.2) is 7.28 Å². The van der Waals surface area contributed by atoms with Gasteiger partial charge in [-0.15, -0.1) is 18.2 Å². The summed E-state index contributed by atoms with van der Waals surface area (Å²) < 4.78 is 0. The fourth-order valence-corrected chi connectivity index (χ4v) is 2.11. The molecule has 3 aromatic carbocycles. The van der Waals surface area contributed by atoms with Crippen molar-refractivity contribution in [2.75, 3.05) is 0 Å². The van der Waals surface area contributed by atoms with Gasteiger partial charge in [-0.05, 0) is 5.39 Å². The molecule has 3 aromatic rings. The third-order valence-electron chi connectivity index (χ3n) is 2.95. The summed E-state index contributed by atoms with van der Waals surface area (Å²) in [5, 5.41) is 2.59. The van der Waals surface area contributed by atoms with Gasteiger partial charge in [-0.25, -0.2) is 0 Å². The third-order valence-corrected chi connectivity index (χ3v) is 2.95. The van der Waals surface area contributed by atoms with Crippen molar-refractivity contribution in [1.29, 1.82) is 0 Å². The molecule has 0 aliphatic heterocycles. The first-order valence-corrected chi connectivity index (χ1v) is 5.81. The van der Waals surface area contributed by atoms with Gasteiger partial charge in [0, 0.05) is 0 Å². The Morgan fingerprint density at radius 3 is 2.18 bits per heavy atom. The molecule has 0 atom stereocenters. The molecule has 0 amide bonds. The molecule has 2 radical (unpaired) electrons. The zero-order valence-electron chi connectivity index (χ0n) is 9.51. The lowest BCUT2D eigenvalue weighted by atomic mass is 9.63. The third kappa shape index (κ3) is 2.09. The number of benzene rings is 3. The van der Waals surface area contributed by atoms with E-state index in [9.17, 15) is 0 Å². The molecular weight excluding hydrogens is 203 g/mol. The van der Waals surface area contributed by atoms with Crippen LogP contribution < -0.4 is 10.9 Å². The van der Waals surface area contributed by atoms with E-state index >= 15 is 0 Å². The van der Waals surface area contributed by atoms with Gasteiger partial charge in [-0.1, -0.05) is 60.0 Å². The topological polar surface area (TPSA) is 0 Å². The quantitative estimate of drug-likeness (QED) is 0.576. The van der Waals surface area contributed by atoms with E-state index in [4.69, 9.17) is 0 Å². The largest absolute Gasteiger partial charge is 0.275 e. The Kier molecular flexibility index (Phi) is 2.67. The molecule has 0 aromatic heterocycles. The lowest BCUT2D eigenvalue weighted by Gasteiger charge is -2.20. The Balaban J connectivity index is 2.06. The summed E-state index contributed by atoms with van der Waals surface area (Å²) in [5.74, 6) is 0. The molecule has 80 valence electrons. The zero-order chi connectivity index (χ0) is 11.5. The average molecular weight is 215 g/mol. The van der Waals surface area contributed by atoms with E-state index in [0.717, 1.165) is 0 Å². The number of hydrogen-bond donors (Lipinski definition) is 0. The molecule has 0 heterocycles. The average Bonchev–Trinajstić information content (AvgIpc) is 2.40. The first-order valence-electron chi connectivity index (χ1n) is 5.81. The van der Waals surface area contributed by atoms with Gasteiger partial charge in [0.15, 0.2) is 0 Å². The molecular formula is C16H12B-. The summed E-state index contributed by atoms with van der Waals surface area (Å²) in [6, 6.07) is 25.3. The summed E-state index contributed by atoms with van der Waals surface area (Å²) in [4.78, 5) is 0. The van der Waals surface area contributed by atoms with Crippen LogP contribution in [0.2, 0.25) is 0 Å². The molecule has 0 fully saturated rings. The molecule has 0 nitrogen and oxygen atoms in total. The van der Waals surface area contributed by atoms with Crippen LogP contribution in [0, 0.1) is 0 Å². The standard InChI is InChI=1S/C16H12B/c1-2-9-14(10-3-1)17-16-12-6-8-13-7-4-5-11-15(13)16/h1-12H/q-1. The van der Waals surface area contributed by atoms with E-state index < -0.39 is 0 Å². The number of rotatable bonds is 2. The maximum absolute atomic E-state index is 2.22. The molecule has 0 aliphatic rings. The van der Waals surface area contributed by atoms with Crippen molar-refractivity contribution in [1.82, 2.24) is 0 Å². The Hall–Kier alpha value is -2.02. The first-order chi connectivity index (χ1) is 8.43. The predicted octanol–water partition coefficient (Wildman–Crippen LogP) is 2.49. The molecule has 0 spiro atoms. The number of hydrogen-bond acceptors (Lipinski definition) is 0. The van der Waals surface area contributed by atoms with E-state index in [0.29, 0.717) is 0 Å². The van der Waals surface area contributed by atoms with Gasteiger partial charge in [0.25, 0.3) is 0 Å². The van der Waals surface area contributed by atoms with Crippen LogP contribution in [0.1, 0.15) is 0 Å². The van der Waals surface area contributed by atoms with Crippen molar-refractivity contribution in [3.63, 3.8) is 0 Å².